The first-order chi connectivity index (χ1) is 6.79. The number of hydrogen-bond acceptors (Lipinski definition) is 2. The molecule has 1 aliphatic carbocycles. The van der Waals surface area contributed by atoms with Gasteiger partial charge in [-0.05, 0) is 37.4 Å². The standard InChI is InChI=1S/C12H20OS/c1-9-5-4-6-10(9)12(13)11-7-2-3-8-14-11/h9-11H,2-8H2,1H3. The van der Waals surface area contributed by atoms with Gasteiger partial charge in [-0.15, -0.1) is 0 Å². The molecule has 2 fully saturated rings. The van der Waals surface area contributed by atoms with Crippen molar-refractivity contribution in [2.45, 2.75) is 50.7 Å². The van der Waals surface area contributed by atoms with Crippen LogP contribution < -0.4 is 0 Å². The molecular formula is C12H20OS. The Bertz CT molecular complexity index is 208. The monoisotopic (exact) mass is 212 g/mol. The summed E-state index contributed by atoms with van der Waals surface area (Å²) < 4.78 is 0. The largest absolute Gasteiger partial charge is 0.298 e. The summed E-state index contributed by atoms with van der Waals surface area (Å²) in [6, 6.07) is 0. The Balaban J connectivity index is 1.92. The van der Waals surface area contributed by atoms with E-state index in [0.29, 0.717) is 22.9 Å². The molecule has 0 bridgehead atoms. The Morgan fingerprint density at radius 2 is 2.00 bits per heavy atom. The molecule has 3 unspecified atom stereocenters. The van der Waals surface area contributed by atoms with Crippen LogP contribution in [0.25, 0.3) is 0 Å². The van der Waals surface area contributed by atoms with Gasteiger partial charge in [-0.25, -0.2) is 0 Å². The van der Waals surface area contributed by atoms with Gasteiger partial charge in [0.15, 0.2) is 0 Å². The lowest BCUT2D eigenvalue weighted by molar-refractivity contribution is -0.123. The van der Waals surface area contributed by atoms with Crippen molar-refractivity contribution in [3.8, 4) is 0 Å². The number of carbonyl (C=O) groups excluding carboxylic acids is 1. The van der Waals surface area contributed by atoms with E-state index in [9.17, 15) is 4.79 Å². The van der Waals surface area contributed by atoms with Gasteiger partial charge in [-0.1, -0.05) is 19.8 Å². The molecule has 0 N–H and O–H groups in total. The van der Waals surface area contributed by atoms with Gasteiger partial charge in [0.05, 0.1) is 5.25 Å². The van der Waals surface area contributed by atoms with E-state index in [0.717, 1.165) is 12.8 Å². The molecule has 80 valence electrons. The summed E-state index contributed by atoms with van der Waals surface area (Å²) in [6.07, 6.45) is 7.44. The highest BCUT2D eigenvalue weighted by atomic mass is 32.2. The molecule has 1 aliphatic heterocycles. The van der Waals surface area contributed by atoms with Crippen molar-refractivity contribution < 1.29 is 4.79 Å². The van der Waals surface area contributed by atoms with Crippen LogP contribution in [0, 0.1) is 11.8 Å². The molecule has 0 spiro atoms. The Morgan fingerprint density at radius 3 is 2.57 bits per heavy atom. The second kappa shape index (κ2) is 4.69. The van der Waals surface area contributed by atoms with Gasteiger partial charge in [-0.2, -0.15) is 11.8 Å². The molecule has 0 aromatic carbocycles. The molecule has 0 aromatic rings. The van der Waals surface area contributed by atoms with Gasteiger partial charge >= 0.3 is 0 Å². The summed E-state index contributed by atoms with van der Waals surface area (Å²) in [4.78, 5) is 12.2. The van der Waals surface area contributed by atoms with E-state index < -0.39 is 0 Å². The van der Waals surface area contributed by atoms with E-state index in [1.54, 1.807) is 0 Å². The van der Waals surface area contributed by atoms with E-state index >= 15 is 0 Å². The summed E-state index contributed by atoms with van der Waals surface area (Å²) in [6.45, 7) is 2.25. The predicted molar refractivity (Wildman–Crippen MR) is 61.6 cm³/mol. The quantitative estimate of drug-likeness (QED) is 0.699. The van der Waals surface area contributed by atoms with E-state index in [-0.39, 0.29) is 0 Å². The van der Waals surface area contributed by atoms with Gasteiger partial charge in [0.1, 0.15) is 5.78 Å². The normalized spacial score (nSPS) is 38.5. The molecule has 0 radical (unpaired) electrons. The molecule has 0 amide bonds. The van der Waals surface area contributed by atoms with Crippen LogP contribution in [0.1, 0.15) is 45.4 Å². The van der Waals surface area contributed by atoms with E-state index in [2.05, 4.69) is 6.92 Å². The number of ketones is 1. The third-order valence-corrected chi connectivity index (χ3v) is 5.12. The fraction of sp³-hybridized carbons (Fsp3) is 0.917. The fourth-order valence-corrected chi connectivity index (χ4v) is 4.10. The predicted octanol–water partition coefficient (Wildman–Crippen LogP) is 3.28. The van der Waals surface area contributed by atoms with Gasteiger partial charge in [0.2, 0.25) is 0 Å². The summed E-state index contributed by atoms with van der Waals surface area (Å²) in [5.74, 6) is 2.85. The maximum Gasteiger partial charge on any atom is 0.149 e. The first-order valence-corrected chi connectivity index (χ1v) is 6.99. The van der Waals surface area contributed by atoms with Crippen molar-refractivity contribution in [1.29, 1.82) is 0 Å². The zero-order valence-corrected chi connectivity index (χ0v) is 9.81. The number of thioether (sulfide) groups is 1. The van der Waals surface area contributed by atoms with Crippen LogP contribution in [-0.2, 0) is 4.79 Å². The smallest absolute Gasteiger partial charge is 0.149 e. The molecule has 1 nitrogen and oxygen atoms in total. The molecule has 1 saturated heterocycles. The zero-order valence-electron chi connectivity index (χ0n) is 9.00. The van der Waals surface area contributed by atoms with Gasteiger partial charge in [0.25, 0.3) is 0 Å². The fourth-order valence-electron chi connectivity index (χ4n) is 2.77. The molecule has 2 aliphatic rings. The third kappa shape index (κ3) is 2.16. The molecule has 0 aromatic heterocycles. The SMILES string of the molecule is CC1CCCC1C(=O)C1CCCCS1. The molecule has 14 heavy (non-hydrogen) atoms. The maximum absolute atomic E-state index is 12.2. The van der Waals surface area contributed by atoms with Crippen LogP contribution in [-0.4, -0.2) is 16.8 Å². The Morgan fingerprint density at radius 1 is 1.14 bits per heavy atom. The van der Waals surface area contributed by atoms with E-state index in [1.165, 1.54) is 31.4 Å². The minimum absolute atomic E-state index is 0.356. The van der Waals surface area contributed by atoms with Gasteiger partial charge in [0, 0.05) is 5.92 Å². The number of carbonyl (C=O) groups is 1. The maximum atomic E-state index is 12.2. The summed E-state index contributed by atoms with van der Waals surface area (Å²) in [5, 5.41) is 0.356. The average Bonchev–Trinajstić information content (AvgIpc) is 2.65. The number of hydrogen-bond donors (Lipinski definition) is 0. The Hall–Kier alpha value is 0.0200. The summed E-state index contributed by atoms with van der Waals surface area (Å²) >= 11 is 1.91. The van der Waals surface area contributed by atoms with Crippen molar-refractivity contribution in [2.75, 3.05) is 5.75 Å². The van der Waals surface area contributed by atoms with Crippen molar-refractivity contribution in [3.05, 3.63) is 0 Å². The summed E-state index contributed by atoms with van der Waals surface area (Å²) in [7, 11) is 0. The van der Waals surface area contributed by atoms with E-state index in [4.69, 9.17) is 0 Å². The molecule has 2 rings (SSSR count). The Labute approximate surface area is 91.0 Å². The lowest BCUT2D eigenvalue weighted by Gasteiger charge is -2.24. The molecule has 3 atom stereocenters. The van der Waals surface area contributed by atoms with Crippen LogP contribution >= 0.6 is 11.8 Å². The minimum Gasteiger partial charge on any atom is -0.298 e. The average molecular weight is 212 g/mol. The highest BCUT2D eigenvalue weighted by Gasteiger charge is 2.34. The number of Topliss-reactive ketones (excluding diaryl/α,β-unsaturated/α-hetero) is 1. The lowest BCUT2D eigenvalue weighted by Crippen LogP contribution is -2.29. The minimum atomic E-state index is 0.356. The van der Waals surface area contributed by atoms with Crippen LogP contribution in [0.2, 0.25) is 0 Å². The van der Waals surface area contributed by atoms with Crippen molar-refractivity contribution in [2.24, 2.45) is 11.8 Å². The highest BCUT2D eigenvalue weighted by molar-refractivity contribution is 8.00. The first kappa shape index (κ1) is 10.5. The topological polar surface area (TPSA) is 17.1 Å². The van der Waals surface area contributed by atoms with Crippen molar-refractivity contribution in [3.63, 3.8) is 0 Å². The molecule has 1 heterocycles. The van der Waals surface area contributed by atoms with Crippen LogP contribution in [0.15, 0.2) is 0 Å². The lowest BCUT2D eigenvalue weighted by atomic mass is 9.90. The Kier molecular flexibility index (Phi) is 3.53. The zero-order chi connectivity index (χ0) is 9.97. The highest BCUT2D eigenvalue weighted by Crippen LogP contribution is 2.37. The van der Waals surface area contributed by atoms with Crippen molar-refractivity contribution in [1.82, 2.24) is 0 Å². The third-order valence-electron chi connectivity index (χ3n) is 3.72. The van der Waals surface area contributed by atoms with Crippen LogP contribution in [0.4, 0.5) is 0 Å². The first-order valence-electron chi connectivity index (χ1n) is 5.94. The second-order valence-electron chi connectivity index (χ2n) is 4.77. The summed E-state index contributed by atoms with van der Waals surface area (Å²) in [5.41, 5.74) is 0. The van der Waals surface area contributed by atoms with Crippen molar-refractivity contribution >= 4 is 17.5 Å². The second-order valence-corrected chi connectivity index (χ2v) is 6.08. The molecule has 2 heteroatoms. The van der Waals surface area contributed by atoms with Crippen LogP contribution in [0.3, 0.4) is 0 Å². The van der Waals surface area contributed by atoms with Gasteiger partial charge in [-0.3, -0.25) is 4.79 Å². The number of rotatable bonds is 2. The molecule has 1 saturated carbocycles. The van der Waals surface area contributed by atoms with Gasteiger partial charge < -0.3 is 0 Å². The molecular weight excluding hydrogens is 192 g/mol. The van der Waals surface area contributed by atoms with E-state index in [1.807, 2.05) is 11.8 Å². The van der Waals surface area contributed by atoms with Crippen LogP contribution in [0.5, 0.6) is 0 Å².